The molecule has 1 aromatic rings. The maximum absolute atomic E-state index is 8.67. The van der Waals surface area contributed by atoms with Gasteiger partial charge in [-0.2, -0.15) is 0 Å². The summed E-state index contributed by atoms with van der Waals surface area (Å²) in [4.78, 5) is 4.17. The Balaban J connectivity index is 2.21. The SMILES string of the molecule is CCc1cnc(CNCCCC(C)(C)C(N)=NO)o1. The van der Waals surface area contributed by atoms with Gasteiger partial charge >= 0.3 is 0 Å². The molecule has 0 bridgehead atoms. The van der Waals surface area contributed by atoms with E-state index in [0.717, 1.165) is 31.6 Å². The van der Waals surface area contributed by atoms with Crippen LogP contribution >= 0.6 is 0 Å². The molecule has 1 aromatic heterocycles. The minimum Gasteiger partial charge on any atom is -0.444 e. The average Bonchev–Trinajstić information content (AvgIpc) is 2.85. The zero-order valence-corrected chi connectivity index (χ0v) is 11.9. The van der Waals surface area contributed by atoms with Gasteiger partial charge in [-0.05, 0) is 19.4 Å². The molecule has 0 atom stereocenters. The van der Waals surface area contributed by atoms with Crippen molar-refractivity contribution in [3.05, 3.63) is 17.8 Å². The second-order valence-electron chi connectivity index (χ2n) is 5.22. The molecule has 6 nitrogen and oxygen atoms in total. The molecule has 0 aliphatic carbocycles. The summed E-state index contributed by atoms with van der Waals surface area (Å²) in [5, 5.41) is 15.0. The fourth-order valence-electron chi connectivity index (χ4n) is 1.71. The van der Waals surface area contributed by atoms with E-state index in [4.69, 9.17) is 15.4 Å². The molecule has 0 spiro atoms. The van der Waals surface area contributed by atoms with Gasteiger partial charge in [0.25, 0.3) is 0 Å². The molecule has 0 radical (unpaired) electrons. The van der Waals surface area contributed by atoms with E-state index in [9.17, 15) is 0 Å². The van der Waals surface area contributed by atoms with Crippen LogP contribution in [0.4, 0.5) is 0 Å². The summed E-state index contributed by atoms with van der Waals surface area (Å²) >= 11 is 0. The second kappa shape index (κ2) is 7.13. The highest BCUT2D eigenvalue weighted by Crippen LogP contribution is 2.21. The zero-order valence-electron chi connectivity index (χ0n) is 11.9. The molecule has 0 aliphatic heterocycles. The van der Waals surface area contributed by atoms with Crippen LogP contribution in [0.3, 0.4) is 0 Å². The minimum atomic E-state index is -0.283. The van der Waals surface area contributed by atoms with Gasteiger partial charge in [0.1, 0.15) is 11.6 Å². The van der Waals surface area contributed by atoms with Crippen molar-refractivity contribution in [1.82, 2.24) is 10.3 Å². The van der Waals surface area contributed by atoms with E-state index in [1.807, 2.05) is 20.8 Å². The quantitative estimate of drug-likeness (QED) is 0.220. The highest BCUT2D eigenvalue weighted by molar-refractivity contribution is 5.85. The number of hydrogen-bond acceptors (Lipinski definition) is 5. The Labute approximate surface area is 114 Å². The fraction of sp³-hybridized carbons (Fsp3) is 0.692. The molecule has 108 valence electrons. The molecule has 0 fully saturated rings. The number of nitrogens with two attached hydrogens (primary N) is 1. The van der Waals surface area contributed by atoms with Gasteiger partial charge in [0.15, 0.2) is 0 Å². The van der Waals surface area contributed by atoms with Gasteiger partial charge in [-0.15, -0.1) is 0 Å². The molecule has 1 heterocycles. The first-order chi connectivity index (χ1) is 8.99. The summed E-state index contributed by atoms with van der Waals surface area (Å²) in [6, 6.07) is 0. The van der Waals surface area contributed by atoms with Gasteiger partial charge < -0.3 is 20.7 Å². The monoisotopic (exact) mass is 268 g/mol. The van der Waals surface area contributed by atoms with Crippen molar-refractivity contribution in [3.63, 3.8) is 0 Å². The maximum Gasteiger partial charge on any atom is 0.208 e. The third-order valence-electron chi connectivity index (χ3n) is 3.18. The van der Waals surface area contributed by atoms with Gasteiger partial charge in [0.05, 0.1) is 12.7 Å². The molecule has 0 aromatic carbocycles. The number of rotatable bonds is 8. The van der Waals surface area contributed by atoms with Crippen LogP contribution in [0.15, 0.2) is 15.8 Å². The normalized spacial score (nSPS) is 12.9. The molecule has 19 heavy (non-hydrogen) atoms. The molecule has 1 rings (SSSR count). The predicted molar refractivity (Wildman–Crippen MR) is 74.0 cm³/mol. The van der Waals surface area contributed by atoms with E-state index >= 15 is 0 Å². The van der Waals surface area contributed by atoms with Crippen molar-refractivity contribution in [2.75, 3.05) is 6.54 Å². The third-order valence-corrected chi connectivity index (χ3v) is 3.18. The lowest BCUT2D eigenvalue weighted by Gasteiger charge is -2.22. The van der Waals surface area contributed by atoms with Gasteiger partial charge in [0.2, 0.25) is 5.89 Å². The fourth-order valence-corrected chi connectivity index (χ4v) is 1.71. The van der Waals surface area contributed by atoms with E-state index < -0.39 is 0 Å². The molecular formula is C13H24N4O2. The molecule has 4 N–H and O–H groups in total. The van der Waals surface area contributed by atoms with E-state index in [1.54, 1.807) is 6.20 Å². The van der Waals surface area contributed by atoms with Crippen molar-refractivity contribution >= 4 is 5.84 Å². The van der Waals surface area contributed by atoms with Crippen LogP contribution in [0.5, 0.6) is 0 Å². The second-order valence-corrected chi connectivity index (χ2v) is 5.22. The predicted octanol–water partition coefficient (Wildman–Crippen LogP) is 1.88. The van der Waals surface area contributed by atoms with Crippen molar-refractivity contribution in [2.45, 2.75) is 46.6 Å². The largest absolute Gasteiger partial charge is 0.444 e. The Bertz CT molecular complexity index is 413. The number of nitrogens with one attached hydrogen (secondary N) is 1. The van der Waals surface area contributed by atoms with Gasteiger partial charge in [-0.25, -0.2) is 4.98 Å². The molecule has 0 amide bonds. The Kier molecular flexibility index (Phi) is 5.82. The van der Waals surface area contributed by atoms with Crippen LogP contribution < -0.4 is 11.1 Å². The Hall–Kier alpha value is -1.56. The summed E-state index contributed by atoms with van der Waals surface area (Å²) in [5.74, 6) is 1.89. The number of oxazole rings is 1. The molecule has 0 saturated heterocycles. The molecule has 0 saturated carbocycles. The number of hydrogen-bond donors (Lipinski definition) is 3. The standard InChI is InChI=1S/C13H24N4O2/c1-4-10-8-16-11(19-10)9-15-7-5-6-13(2,3)12(14)17-18/h8,15,18H,4-7,9H2,1-3H3,(H2,14,17). The minimum absolute atomic E-state index is 0.271. The molecule has 6 heteroatoms. The van der Waals surface area contributed by atoms with Gasteiger partial charge in [-0.3, -0.25) is 0 Å². The lowest BCUT2D eigenvalue weighted by atomic mass is 9.86. The first-order valence-corrected chi connectivity index (χ1v) is 6.62. The summed E-state index contributed by atoms with van der Waals surface area (Å²) in [6.45, 7) is 7.43. The highest BCUT2D eigenvalue weighted by atomic mass is 16.4. The first kappa shape index (κ1) is 15.5. The maximum atomic E-state index is 8.67. The Morgan fingerprint density at radius 3 is 2.89 bits per heavy atom. The van der Waals surface area contributed by atoms with Crippen LogP contribution in [0, 0.1) is 5.41 Å². The Morgan fingerprint density at radius 1 is 1.58 bits per heavy atom. The number of oxime groups is 1. The average molecular weight is 268 g/mol. The molecule has 0 aliphatic rings. The lowest BCUT2D eigenvalue weighted by molar-refractivity contribution is 0.304. The van der Waals surface area contributed by atoms with Crippen LogP contribution in [-0.2, 0) is 13.0 Å². The van der Waals surface area contributed by atoms with Crippen molar-refractivity contribution in [3.8, 4) is 0 Å². The lowest BCUT2D eigenvalue weighted by Crippen LogP contribution is -2.32. The molecule has 0 unspecified atom stereocenters. The van der Waals surface area contributed by atoms with Gasteiger partial charge in [-0.1, -0.05) is 25.9 Å². The summed E-state index contributed by atoms with van der Waals surface area (Å²) < 4.78 is 5.49. The van der Waals surface area contributed by atoms with E-state index in [0.29, 0.717) is 12.4 Å². The van der Waals surface area contributed by atoms with Crippen LogP contribution in [-0.4, -0.2) is 22.6 Å². The van der Waals surface area contributed by atoms with Gasteiger partial charge in [0, 0.05) is 11.8 Å². The van der Waals surface area contributed by atoms with Crippen LogP contribution in [0.2, 0.25) is 0 Å². The van der Waals surface area contributed by atoms with Crippen molar-refractivity contribution in [1.29, 1.82) is 0 Å². The van der Waals surface area contributed by atoms with Crippen molar-refractivity contribution < 1.29 is 9.62 Å². The first-order valence-electron chi connectivity index (χ1n) is 6.62. The van der Waals surface area contributed by atoms with E-state index in [2.05, 4.69) is 15.5 Å². The highest BCUT2D eigenvalue weighted by Gasteiger charge is 2.22. The number of amidine groups is 1. The number of nitrogens with zero attached hydrogens (tertiary/aromatic N) is 2. The Morgan fingerprint density at radius 2 is 2.32 bits per heavy atom. The van der Waals surface area contributed by atoms with Crippen LogP contribution in [0.1, 0.15) is 45.3 Å². The van der Waals surface area contributed by atoms with E-state index in [-0.39, 0.29) is 11.3 Å². The zero-order chi connectivity index (χ0) is 14.3. The van der Waals surface area contributed by atoms with Crippen LogP contribution in [0.25, 0.3) is 0 Å². The molecular weight excluding hydrogens is 244 g/mol. The van der Waals surface area contributed by atoms with E-state index in [1.165, 1.54) is 0 Å². The summed E-state index contributed by atoms with van der Waals surface area (Å²) in [5.41, 5.74) is 5.35. The summed E-state index contributed by atoms with van der Waals surface area (Å²) in [6.07, 6.45) is 4.41. The topological polar surface area (TPSA) is 96.7 Å². The summed E-state index contributed by atoms with van der Waals surface area (Å²) in [7, 11) is 0. The van der Waals surface area contributed by atoms with Crippen molar-refractivity contribution in [2.24, 2.45) is 16.3 Å². The number of aromatic nitrogens is 1. The smallest absolute Gasteiger partial charge is 0.208 e. The number of aryl methyl sites for hydroxylation is 1. The third kappa shape index (κ3) is 4.90.